The van der Waals surface area contributed by atoms with E-state index in [0.29, 0.717) is 21.3 Å². The Morgan fingerprint density at radius 3 is 1.62 bits per heavy atom. The van der Waals surface area contributed by atoms with Crippen LogP contribution in [0.5, 0.6) is 0 Å². The number of aliphatic hydroxyl groups is 2. The summed E-state index contributed by atoms with van der Waals surface area (Å²) in [5.74, 6) is 1.26. The molecule has 0 aromatic carbocycles. The predicted octanol–water partition coefficient (Wildman–Crippen LogP) is 6.11. The number of hydrogen-bond acceptors (Lipinski definition) is 6. The first-order chi connectivity index (χ1) is 15.1. The van der Waals surface area contributed by atoms with Crippen molar-refractivity contribution in [2.24, 2.45) is 11.8 Å². The van der Waals surface area contributed by atoms with E-state index in [2.05, 4.69) is 129 Å². The molecule has 6 nitrogen and oxygen atoms in total. The SMILES string of the molecule is CC(=O)C(O)C(CC1CCC1)NP.N#CC(O)C(CC1CCC1)NP.[I][V]([I])[I].[I][V][I]. The molecule has 4 N–H and O–H groups in total. The molecule has 0 amide bonds. The molecule has 2 aliphatic carbocycles. The first kappa shape index (κ1) is 38.8. The van der Waals surface area contributed by atoms with Gasteiger partial charge in [0.25, 0.3) is 0 Å². The number of aliphatic hydroxyl groups excluding tert-OH is 2. The van der Waals surface area contributed by atoms with E-state index in [1.54, 1.807) is 0 Å². The van der Waals surface area contributed by atoms with Gasteiger partial charge in [-0.3, -0.25) is 15.0 Å². The van der Waals surface area contributed by atoms with E-state index in [9.17, 15) is 15.0 Å². The minimum atomic E-state index is -0.872. The van der Waals surface area contributed by atoms with Crippen LogP contribution in [0, 0.1) is 23.2 Å². The summed E-state index contributed by atoms with van der Waals surface area (Å²) in [5.41, 5.74) is 0. The molecule has 189 valence electrons. The molecule has 0 heterocycles. The third-order valence-electron chi connectivity index (χ3n) is 5.36. The van der Waals surface area contributed by atoms with Gasteiger partial charge in [0.15, 0.2) is 11.9 Å². The number of halogens is 5. The number of ketones is 1. The van der Waals surface area contributed by atoms with Crippen molar-refractivity contribution in [3.05, 3.63) is 0 Å². The average molecular weight is 1130 g/mol. The van der Waals surface area contributed by atoms with Crippen LogP contribution in [0.15, 0.2) is 0 Å². The third kappa shape index (κ3) is 21.6. The van der Waals surface area contributed by atoms with Crippen molar-refractivity contribution >= 4 is 124 Å². The Hall–Kier alpha value is 4.68. The van der Waals surface area contributed by atoms with Gasteiger partial charge >= 0.3 is 114 Å². The van der Waals surface area contributed by atoms with Crippen LogP contribution < -0.4 is 10.2 Å². The number of rotatable bonds is 9. The summed E-state index contributed by atoms with van der Waals surface area (Å²) in [7, 11) is 5.37. The number of carbonyl (C=O) groups excluding carboxylic acids is 1. The maximum atomic E-state index is 10.9. The zero-order valence-corrected chi connectivity index (χ0v) is 33.7. The monoisotopic (exact) mass is 1130 g/mol. The maximum absolute atomic E-state index is 10.9. The van der Waals surface area contributed by atoms with Gasteiger partial charge in [0, 0.05) is 12.1 Å². The molecule has 6 atom stereocenters. The van der Waals surface area contributed by atoms with Crippen LogP contribution in [0.2, 0.25) is 0 Å². The molecule has 2 rings (SSSR count). The van der Waals surface area contributed by atoms with Crippen LogP contribution in [0.25, 0.3) is 0 Å². The second-order valence-electron chi connectivity index (χ2n) is 7.50. The quantitative estimate of drug-likeness (QED) is 0.126. The summed E-state index contributed by atoms with van der Waals surface area (Å²) in [6, 6.07) is 1.68. The summed E-state index contributed by atoms with van der Waals surface area (Å²) in [6.07, 6.45) is 7.69. The number of Topliss-reactive ketones (excluding diaryl/α,β-unsaturated/α-hetero) is 1. The number of nitrogens with one attached hydrogen (secondary N) is 2. The fourth-order valence-corrected chi connectivity index (χ4v) is 3.76. The minimum absolute atomic E-state index is 0.0784. The van der Waals surface area contributed by atoms with E-state index < -0.39 is 12.2 Å². The van der Waals surface area contributed by atoms with Crippen LogP contribution in [-0.4, -0.2) is 40.3 Å². The van der Waals surface area contributed by atoms with E-state index in [1.807, 2.05) is 6.07 Å². The normalized spacial score (nSPS) is 18.9. The van der Waals surface area contributed by atoms with Gasteiger partial charge in [-0.1, -0.05) is 57.3 Å². The predicted molar refractivity (Wildman–Crippen MR) is 176 cm³/mol. The van der Waals surface area contributed by atoms with Gasteiger partial charge in [0.2, 0.25) is 0 Å². The van der Waals surface area contributed by atoms with E-state index in [4.69, 9.17) is 5.26 Å². The van der Waals surface area contributed by atoms with Crippen molar-refractivity contribution in [3.8, 4) is 6.07 Å². The summed E-state index contributed by atoms with van der Waals surface area (Å²) >= 11 is 12.1. The number of hydrogen-bond donors (Lipinski definition) is 4. The zero-order chi connectivity index (χ0) is 25.1. The second-order valence-corrected chi connectivity index (χ2v) is 55.3. The molecule has 2 saturated carbocycles. The molecule has 0 aliphatic heterocycles. The molecule has 2 fully saturated rings. The molecule has 2 aliphatic rings. The van der Waals surface area contributed by atoms with Crippen molar-refractivity contribution in [3.63, 3.8) is 0 Å². The van der Waals surface area contributed by atoms with Crippen molar-refractivity contribution < 1.29 is 29.4 Å². The first-order valence-corrected chi connectivity index (χ1v) is 33.6. The molecule has 0 bridgehead atoms. The Bertz CT molecular complexity index is 520. The molecular formula is C17H33I5N3O3P2V2. The van der Waals surface area contributed by atoms with E-state index >= 15 is 0 Å². The van der Waals surface area contributed by atoms with Crippen molar-refractivity contribution in [2.75, 3.05) is 0 Å². The molecule has 6 unspecified atom stereocenters. The average Bonchev–Trinajstić information content (AvgIpc) is 2.66. The third-order valence-corrected chi connectivity index (χ3v) is 6.22. The fraction of sp³-hybridized carbons (Fsp3) is 0.882. The van der Waals surface area contributed by atoms with Gasteiger partial charge in [-0.2, -0.15) is 5.26 Å². The Balaban J connectivity index is 0. The fourth-order valence-electron chi connectivity index (χ4n) is 3.12. The van der Waals surface area contributed by atoms with Crippen molar-refractivity contribution in [1.82, 2.24) is 10.2 Å². The van der Waals surface area contributed by atoms with Crippen LogP contribution in [0.4, 0.5) is 0 Å². The second kappa shape index (κ2) is 25.9. The number of nitrogens with zero attached hydrogens (tertiary/aromatic N) is 1. The summed E-state index contributed by atoms with van der Waals surface area (Å²) < 4.78 is 0. The Kier molecular flexibility index (Phi) is 31.5. The molecule has 0 aromatic heterocycles. The van der Waals surface area contributed by atoms with Gasteiger partial charge in [-0.25, -0.2) is 0 Å². The van der Waals surface area contributed by atoms with Crippen LogP contribution in [0.3, 0.4) is 0 Å². The summed E-state index contributed by atoms with van der Waals surface area (Å²) in [4.78, 5) is 10.7. The molecule has 0 spiro atoms. The van der Waals surface area contributed by atoms with Crippen LogP contribution >= 0.6 is 119 Å². The van der Waals surface area contributed by atoms with Gasteiger partial charge in [0.05, 0.1) is 6.07 Å². The molecule has 15 heteroatoms. The van der Waals surface area contributed by atoms with E-state index in [-0.39, 0.29) is 22.8 Å². The van der Waals surface area contributed by atoms with Crippen molar-refractivity contribution in [1.29, 1.82) is 5.26 Å². The van der Waals surface area contributed by atoms with Gasteiger partial charge in [-0.15, -0.1) is 0 Å². The van der Waals surface area contributed by atoms with Gasteiger partial charge in [0.1, 0.15) is 6.10 Å². The Labute approximate surface area is 265 Å². The summed E-state index contributed by atoms with van der Waals surface area (Å²) in [5, 5.41) is 33.1. The molecule has 0 aromatic rings. The molecular weight excluding hydrogens is 1090 g/mol. The molecule has 0 radical (unpaired) electrons. The van der Waals surface area contributed by atoms with Crippen LogP contribution in [0.1, 0.15) is 58.3 Å². The van der Waals surface area contributed by atoms with Crippen LogP contribution in [-0.2, 0) is 19.2 Å². The van der Waals surface area contributed by atoms with Gasteiger partial charge in [-0.05, 0) is 31.6 Å². The van der Waals surface area contributed by atoms with E-state index in [0.717, 1.165) is 12.8 Å². The standard InChI is InChI=1S/C9H18NO2P.C8H15N2OP.5HI.2V/c1-6(11)9(12)8(10-13)5-7-3-2-4-7;9-5-8(11)7(10-12)4-6-2-1-3-6;;;;;;;/h7-10,12H,2-5,13H2,1H3;6-8,10-11H,1-4,12H2;5*1H;;/q;;;;;;;+2;+3/p-5. The zero-order valence-electron chi connectivity index (χ0n) is 17.8. The number of nitriles is 1. The molecule has 32 heavy (non-hydrogen) atoms. The summed E-state index contributed by atoms with van der Waals surface area (Å²) in [6.45, 7) is 1.43. The Morgan fingerprint density at radius 2 is 1.41 bits per heavy atom. The Morgan fingerprint density at radius 1 is 1.06 bits per heavy atom. The van der Waals surface area contributed by atoms with E-state index in [1.165, 1.54) is 45.4 Å². The number of carbonyl (C=O) groups is 1. The van der Waals surface area contributed by atoms with Crippen molar-refractivity contribution in [2.45, 2.75) is 82.6 Å². The van der Waals surface area contributed by atoms with Gasteiger partial charge < -0.3 is 10.2 Å². The first-order valence-electron chi connectivity index (χ1n) is 9.95. The topological polar surface area (TPSA) is 105 Å². The molecule has 0 saturated heterocycles.